The maximum Gasteiger partial charge on any atom is 0.242 e. The molecule has 0 saturated carbocycles. The standard InChI is InChI=1S/C23H29FN2O2S/c1-16-6-12-20(13-7-16)29-15-21(27)26(14-18-8-10-19(24)11-9-18)17(2)22(28)25-23(3,4)5/h6-13,17H,14-15H2,1-5H3,(H,25,28)/t17-/m1/s1. The zero-order valence-electron chi connectivity index (χ0n) is 17.7. The average Bonchev–Trinajstić information content (AvgIpc) is 2.65. The Labute approximate surface area is 176 Å². The van der Waals surface area contributed by atoms with Gasteiger partial charge in [-0.3, -0.25) is 9.59 Å². The molecule has 2 amide bonds. The predicted molar refractivity (Wildman–Crippen MR) is 116 cm³/mol. The van der Waals surface area contributed by atoms with Gasteiger partial charge in [-0.1, -0.05) is 29.8 Å². The Kier molecular flexibility index (Phi) is 7.85. The number of carbonyl (C=O) groups excluding carboxylic acids is 2. The molecule has 4 nitrogen and oxygen atoms in total. The molecule has 2 rings (SSSR count). The highest BCUT2D eigenvalue weighted by Gasteiger charge is 2.28. The lowest BCUT2D eigenvalue weighted by Gasteiger charge is -2.31. The zero-order chi connectivity index (χ0) is 21.6. The summed E-state index contributed by atoms with van der Waals surface area (Å²) >= 11 is 1.44. The van der Waals surface area contributed by atoms with E-state index < -0.39 is 11.6 Å². The summed E-state index contributed by atoms with van der Waals surface area (Å²) in [6.45, 7) is 9.68. The quantitative estimate of drug-likeness (QED) is 0.673. The number of halogens is 1. The smallest absolute Gasteiger partial charge is 0.242 e. The molecule has 0 radical (unpaired) electrons. The van der Waals surface area contributed by atoms with E-state index in [1.807, 2.05) is 52.0 Å². The van der Waals surface area contributed by atoms with Gasteiger partial charge in [-0.05, 0) is 64.4 Å². The van der Waals surface area contributed by atoms with E-state index in [1.54, 1.807) is 24.0 Å². The first kappa shape index (κ1) is 22.9. The van der Waals surface area contributed by atoms with Gasteiger partial charge in [-0.25, -0.2) is 4.39 Å². The van der Waals surface area contributed by atoms with Gasteiger partial charge in [-0.2, -0.15) is 0 Å². The van der Waals surface area contributed by atoms with Gasteiger partial charge in [-0.15, -0.1) is 11.8 Å². The van der Waals surface area contributed by atoms with Crippen molar-refractivity contribution in [3.8, 4) is 0 Å². The molecule has 0 aromatic heterocycles. The van der Waals surface area contributed by atoms with Gasteiger partial charge < -0.3 is 10.2 Å². The van der Waals surface area contributed by atoms with Crippen LogP contribution in [0.1, 0.15) is 38.8 Å². The molecule has 0 fully saturated rings. The van der Waals surface area contributed by atoms with Gasteiger partial charge in [0.2, 0.25) is 11.8 Å². The molecule has 0 spiro atoms. The van der Waals surface area contributed by atoms with Gasteiger partial charge in [0.15, 0.2) is 0 Å². The van der Waals surface area contributed by atoms with Crippen molar-refractivity contribution < 1.29 is 14.0 Å². The Balaban J connectivity index is 2.15. The second-order valence-electron chi connectivity index (χ2n) is 8.17. The van der Waals surface area contributed by atoms with E-state index in [2.05, 4.69) is 5.32 Å². The summed E-state index contributed by atoms with van der Waals surface area (Å²) in [5, 5.41) is 2.93. The number of hydrogen-bond acceptors (Lipinski definition) is 3. The number of nitrogens with one attached hydrogen (secondary N) is 1. The maximum absolute atomic E-state index is 13.2. The van der Waals surface area contributed by atoms with Crippen LogP contribution in [0.2, 0.25) is 0 Å². The lowest BCUT2D eigenvalue weighted by Crippen LogP contribution is -2.52. The van der Waals surface area contributed by atoms with Crippen LogP contribution in [0.4, 0.5) is 4.39 Å². The number of aryl methyl sites for hydroxylation is 1. The summed E-state index contributed by atoms with van der Waals surface area (Å²) in [6.07, 6.45) is 0. The van der Waals surface area contributed by atoms with Gasteiger partial charge in [0.1, 0.15) is 11.9 Å². The molecule has 156 valence electrons. The van der Waals surface area contributed by atoms with E-state index in [9.17, 15) is 14.0 Å². The molecule has 2 aromatic rings. The summed E-state index contributed by atoms with van der Waals surface area (Å²) in [5.74, 6) is -0.470. The van der Waals surface area contributed by atoms with Crippen LogP contribution in [0.3, 0.4) is 0 Å². The summed E-state index contributed by atoms with van der Waals surface area (Å²) < 4.78 is 13.2. The summed E-state index contributed by atoms with van der Waals surface area (Å²) in [4.78, 5) is 28.3. The van der Waals surface area contributed by atoms with E-state index in [1.165, 1.54) is 23.9 Å². The van der Waals surface area contributed by atoms with Gasteiger partial charge in [0.05, 0.1) is 5.75 Å². The molecule has 2 aromatic carbocycles. The summed E-state index contributed by atoms with van der Waals surface area (Å²) in [6, 6.07) is 13.3. The van der Waals surface area contributed by atoms with E-state index >= 15 is 0 Å². The number of nitrogens with zero attached hydrogens (tertiary/aromatic N) is 1. The molecule has 0 saturated heterocycles. The zero-order valence-corrected chi connectivity index (χ0v) is 18.5. The van der Waals surface area contributed by atoms with Crippen molar-refractivity contribution in [3.63, 3.8) is 0 Å². The first-order chi connectivity index (χ1) is 13.5. The Bertz CT molecular complexity index is 829. The molecule has 0 heterocycles. The third-order valence-corrected chi connectivity index (χ3v) is 5.31. The van der Waals surface area contributed by atoms with Crippen LogP contribution in [0, 0.1) is 12.7 Å². The first-order valence-electron chi connectivity index (χ1n) is 9.60. The fraction of sp³-hybridized carbons (Fsp3) is 0.391. The van der Waals surface area contributed by atoms with Gasteiger partial charge in [0.25, 0.3) is 0 Å². The molecule has 0 aliphatic rings. The van der Waals surface area contributed by atoms with Crippen LogP contribution in [0.25, 0.3) is 0 Å². The van der Waals surface area contributed by atoms with Crippen LogP contribution < -0.4 is 5.32 Å². The lowest BCUT2D eigenvalue weighted by atomic mass is 10.1. The summed E-state index contributed by atoms with van der Waals surface area (Å²) in [5.41, 5.74) is 1.54. The fourth-order valence-corrected chi connectivity index (χ4v) is 3.49. The van der Waals surface area contributed by atoms with Crippen molar-refractivity contribution in [1.82, 2.24) is 10.2 Å². The van der Waals surface area contributed by atoms with Crippen molar-refractivity contribution in [1.29, 1.82) is 0 Å². The van der Waals surface area contributed by atoms with Crippen molar-refractivity contribution >= 4 is 23.6 Å². The maximum atomic E-state index is 13.2. The summed E-state index contributed by atoms with van der Waals surface area (Å²) in [7, 11) is 0. The normalized spacial score (nSPS) is 12.3. The Morgan fingerprint density at radius 3 is 2.21 bits per heavy atom. The Morgan fingerprint density at radius 2 is 1.66 bits per heavy atom. The minimum atomic E-state index is -0.648. The number of thioether (sulfide) groups is 1. The van der Waals surface area contributed by atoms with Crippen LogP contribution >= 0.6 is 11.8 Å². The number of amides is 2. The third kappa shape index (κ3) is 7.54. The number of benzene rings is 2. The van der Waals surface area contributed by atoms with Crippen molar-refractivity contribution in [2.24, 2.45) is 0 Å². The molecule has 1 N–H and O–H groups in total. The highest BCUT2D eigenvalue weighted by atomic mass is 32.2. The average molecular weight is 417 g/mol. The SMILES string of the molecule is Cc1ccc(SCC(=O)N(Cc2ccc(F)cc2)[C@H](C)C(=O)NC(C)(C)C)cc1. The molecule has 0 bridgehead atoms. The molecule has 29 heavy (non-hydrogen) atoms. The van der Waals surface area contributed by atoms with Crippen LogP contribution in [0.5, 0.6) is 0 Å². The van der Waals surface area contributed by atoms with Gasteiger partial charge >= 0.3 is 0 Å². The Morgan fingerprint density at radius 1 is 1.07 bits per heavy atom. The number of carbonyl (C=O) groups is 2. The Hall–Kier alpha value is -2.34. The van der Waals surface area contributed by atoms with Crippen molar-refractivity contribution in [3.05, 3.63) is 65.5 Å². The highest BCUT2D eigenvalue weighted by Crippen LogP contribution is 2.20. The molecule has 1 atom stereocenters. The van der Waals surface area contributed by atoms with E-state index in [-0.39, 0.29) is 29.9 Å². The van der Waals surface area contributed by atoms with E-state index in [0.717, 1.165) is 16.0 Å². The van der Waals surface area contributed by atoms with Crippen LogP contribution in [0.15, 0.2) is 53.4 Å². The van der Waals surface area contributed by atoms with Crippen molar-refractivity contribution in [2.45, 2.75) is 57.6 Å². The second kappa shape index (κ2) is 9.92. The number of hydrogen-bond donors (Lipinski definition) is 1. The number of rotatable bonds is 7. The molecule has 6 heteroatoms. The predicted octanol–water partition coefficient (Wildman–Crippen LogP) is 4.56. The monoisotopic (exact) mass is 416 g/mol. The first-order valence-corrected chi connectivity index (χ1v) is 10.6. The van der Waals surface area contributed by atoms with Crippen LogP contribution in [-0.2, 0) is 16.1 Å². The van der Waals surface area contributed by atoms with Crippen molar-refractivity contribution in [2.75, 3.05) is 5.75 Å². The largest absolute Gasteiger partial charge is 0.350 e. The van der Waals surface area contributed by atoms with E-state index in [4.69, 9.17) is 0 Å². The minimum Gasteiger partial charge on any atom is -0.350 e. The molecular formula is C23H29FN2O2S. The molecule has 0 unspecified atom stereocenters. The topological polar surface area (TPSA) is 49.4 Å². The fourth-order valence-electron chi connectivity index (χ4n) is 2.71. The minimum absolute atomic E-state index is 0.142. The third-order valence-electron chi connectivity index (χ3n) is 4.31. The molecule has 0 aliphatic heterocycles. The van der Waals surface area contributed by atoms with E-state index in [0.29, 0.717) is 0 Å². The van der Waals surface area contributed by atoms with Gasteiger partial charge in [0, 0.05) is 17.0 Å². The second-order valence-corrected chi connectivity index (χ2v) is 9.21. The molecule has 0 aliphatic carbocycles. The van der Waals surface area contributed by atoms with Crippen LogP contribution in [-0.4, -0.2) is 34.0 Å². The highest BCUT2D eigenvalue weighted by molar-refractivity contribution is 8.00. The lowest BCUT2D eigenvalue weighted by molar-refractivity contribution is -0.139. The molecular weight excluding hydrogens is 387 g/mol.